The highest BCUT2D eigenvalue weighted by Gasteiger charge is 1.97. The lowest BCUT2D eigenvalue weighted by molar-refractivity contribution is -0.141. The average Bonchev–Trinajstić information content (AvgIpc) is 1.85. The van der Waals surface area contributed by atoms with E-state index >= 15 is 0 Å². The Balaban J connectivity index is 3.03. The molecule has 11 heavy (non-hydrogen) atoms. The fraction of sp³-hybridized carbons (Fsp3) is 0.714. The van der Waals surface area contributed by atoms with Crippen molar-refractivity contribution in [1.29, 1.82) is 0 Å². The molecule has 64 valence electrons. The zero-order valence-corrected chi connectivity index (χ0v) is 6.50. The molecule has 0 bridgehead atoms. The maximum atomic E-state index is 10.2. The minimum atomic E-state index is -0.812. The molecule has 1 N–H and O–H groups in total. The first-order valence-corrected chi connectivity index (χ1v) is 3.48. The minimum Gasteiger partial charge on any atom is -0.481 e. The Kier molecular flexibility index (Phi) is 5.15. The Morgan fingerprint density at radius 3 is 2.45 bits per heavy atom. The molecule has 0 fully saturated rings. The van der Waals surface area contributed by atoms with Crippen LogP contribution in [0.4, 0.5) is 0 Å². The van der Waals surface area contributed by atoms with E-state index in [1.54, 1.807) is 0 Å². The summed E-state index contributed by atoms with van der Waals surface area (Å²) in [5.74, 6) is -1.13. The fourth-order valence-electron chi connectivity index (χ4n) is 0.594. The van der Waals surface area contributed by atoms with Crippen LogP contribution < -0.4 is 0 Å². The summed E-state index contributed by atoms with van der Waals surface area (Å²) in [7, 11) is 0. The van der Waals surface area contributed by atoms with Gasteiger partial charge < -0.3 is 9.84 Å². The van der Waals surface area contributed by atoms with Crippen molar-refractivity contribution in [2.24, 2.45) is 0 Å². The van der Waals surface area contributed by atoms with E-state index in [2.05, 4.69) is 4.74 Å². The number of carboxylic acid groups (broad SMARTS) is 1. The summed E-state index contributed by atoms with van der Waals surface area (Å²) in [5, 5.41) is 8.21. The predicted molar refractivity (Wildman–Crippen MR) is 38.1 cm³/mol. The molecule has 0 saturated carbocycles. The number of aliphatic carboxylic acids is 1. The predicted octanol–water partition coefficient (Wildman–Crippen LogP) is 0.804. The van der Waals surface area contributed by atoms with Gasteiger partial charge in [0.1, 0.15) is 0 Å². The van der Waals surface area contributed by atoms with Crippen LogP contribution in [0.1, 0.15) is 26.2 Å². The highest BCUT2D eigenvalue weighted by molar-refractivity contribution is 5.66. The number of esters is 1. The van der Waals surface area contributed by atoms with Gasteiger partial charge in [-0.2, -0.15) is 0 Å². The molecule has 0 unspecified atom stereocenters. The van der Waals surface area contributed by atoms with Crippen molar-refractivity contribution in [2.75, 3.05) is 6.61 Å². The first kappa shape index (κ1) is 9.94. The van der Waals surface area contributed by atoms with Crippen molar-refractivity contribution in [3.63, 3.8) is 0 Å². The smallest absolute Gasteiger partial charge is 0.303 e. The molecule has 0 aromatic carbocycles. The first-order valence-electron chi connectivity index (χ1n) is 3.48. The molecule has 0 atom stereocenters. The van der Waals surface area contributed by atoms with Gasteiger partial charge in [-0.05, 0) is 12.8 Å². The van der Waals surface area contributed by atoms with Gasteiger partial charge >= 0.3 is 11.9 Å². The van der Waals surface area contributed by atoms with Gasteiger partial charge in [0.05, 0.1) is 6.61 Å². The van der Waals surface area contributed by atoms with E-state index in [0.717, 1.165) is 0 Å². The third kappa shape index (κ3) is 8.94. The molecule has 0 amide bonds. The van der Waals surface area contributed by atoms with Crippen molar-refractivity contribution in [1.82, 2.24) is 0 Å². The van der Waals surface area contributed by atoms with Gasteiger partial charge in [0.25, 0.3) is 0 Å². The summed E-state index contributed by atoms with van der Waals surface area (Å²) >= 11 is 0. The van der Waals surface area contributed by atoms with E-state index in [4.69, 9.17) is 5.11 Å². The summed E-state index contributed by atoms with van der Waals surface area (Å²) in [6.45, 7) is 1.65. The monoisotopic (exact) mass is 160 g/mol. The maximum Gasteiger partial charge on any atom is 0.303 e. The zero-order valence-electron chi connectivity index (χ0n) is 6.50. The van der Waals surface area contributed by atoms with Crippen molar-refractivity contribution in [3.05, 3.63) is 0 Å². The maximum absolute atomic E-state index is 10.2. The molecule has 0 aromatic heterocycles. The average molecular weight is 160 g/mol. The molecule has 0 spiro atoms. The molecule has 0 aliphatic carbocycles. The molecule has 0 saturated heterocycles. The summed E-state index contributed by atoms with van der Waals surface area (Å²) in [6.07, 6.45) is 1.32. The van der Waals surface area contributed by atoms with Crippen molar-refractivity contribution >= 4 is 11.9 Å². The topological polar surface area (TPSA) is 63.6 Å². The van der Waals surface area contributed by atoms with Gasteiger partial charge in [-0.1, -0.05) is 0 Å². The highest BCUT2D eigenvalue weighted by atomic mass is 16.5. The SMILES string of the molecule is CC(=O)OCCCCC(=O)O. The third-order valence-corrected chi connectivity index (χ3v) is 1.09. The lowest BCUT2D eigenvalue weighted by atomic mass is 10.2. The Morgan fingerprint density at radius 2 is 2.00 bits per heavy atom. The number of rotatable bonds is 5. The van der Waals surface area contributed by atoms with Gasteiger partial charge in [0, 0.05) is 13.3 Å². The van der Waals surface area contributed by atoms with Crippen LogP contribution in [0.3, 0.4) is 0 Å². The van der Waals surface area contributed by atoms with Crippen LogP contribution in [0, 0.1) is 0 Å². The second-order valence-corrected chi connectivity index (χ2v) is 2.19. The van der Waals surface area contributed by atoms with Gasteiger partial charge in [-0.3, -0.25) is 9.59 Å². The van der Waals surface area contributed by atoms with E-state index in [-0.39, 0.29) is 12.4 Å². The second kappa shape index (κ2) is 5.70. The second-order valence-electron chi connectivity index (χ2n) is 2.19. The number of hydrogen-bond donors (Lipinski definition) is 1. The standard InChI is InChI=1S/C7H12O4/c1-6(8)11-5-3-2-4-7(9)10/h2-5H2,1H3,(H,9,10). The molecular formula is C7H12O4. The van der Waals surface area contributed by atoms with Crippen LogP contribution in [0.2, 0.25) is 0 Å². The largest absolute Gasteiger partial charge is 0.481 e. The molecule has 0 heterocycles. The van der Waals surface area contributed by atoms with Crippen LogP contribution in [0.15, 0.2) is 0 Å². The molecule has 0 aliphatic rings. The lowest BCUT2D eigenvalue weighted by Gasteiger charge is -1.98. The zero-order chi connectivity index (χ0) is 8.69. The normalized spacial score (nSPS) is 9.18. The van der Waals surface area contributed by atoms with Gasteiger partial charge in [-0.15, -0.1) is 0 Å². The Labute approximate surface area is 65.2 Å². The van der Waals surface area contributed by atoms with Gasteiger partial charge in [0.15, 0.2) is 0 Å². The quantitative estimate of drug-likeness (QED) is 0.477. The number of unbranched alkanes of at least 4 members (excludes halogenated alkanes) is 1. The minimum absolute atomic E-state index is 0.140. The Morgan fingerprint density at radius 1 is 1.36 bits per heavy atom. The van der Waals surface area contributed by atoms with Crippen LogP contribution >= 0.6 is 0 Å². The van der Waals surface area contributed by atoms with Crippen LogP contribution in [0.25, 0.3) is 0 Å². The molecule has 0 aromatic rings. The van der Waals surface area contributed by atoms with E-state index in [9.17, 15) is 9.59 Å². The summed E-state index contributed by atoms with van der Waals surface area (Å²) < 4.78 is 4.59. The molecule has 4 heteroatoms. The fourth-order valence-corrected chi connectivity index (χ4v) is 0.594. The molecule has 4 nitrogen and oxygen atoms in total. The van der Waals surface area contributed by atoms with E-state index in [1.807, 2.05) is 0 Å². The number of carbonyl (C=O) groups excluding carboxylic acids is 1. The molecule has 0 radical (unpaired) electrons. The van der Waals surface area contributed by atoms with Crippen LogP contribution in [-0.4, -0.2) is 23.7 Å². The molecule has 0 aliphatic heterocycles. The summed E-state index contributed by atoms with van der Waals surface area (Å²) in [6, 6.07) is 0. The van der Waals surface area contributed by atoms with E-state index < -0.39 is 5.97 Å². The number of carbonyl (C=O) groups is 2. The number of hydrogen-bond acceptors (Lipinski definition) is 3. The van der Waals surface area contributed by atoms with Gasteiger partial charge in [0.2, 0.25) is 0 Å². The first-order chi connectivity index (χ1) is 5.13. The number of ether oxygens (including phenoxy) is 1. The van der Waals surface area contributed by atoms with Crippen LogP contribution in [-0.2, 0) is 14.3 Å². The Hall–Kier alpha value is -1.06. The lowest BCUT2D eigenvalue weighted by Crippen LogP contribution is -2.01. The molecular weight excluding hydrogens is 148 g/mol. The van der Waals surface area contributed by atoms with E-state index in [0.29, 0.717) is 19.4 Å². The summed E-state index contributed by atoms with van der Waals surface area (Å²) in [4.78, 5) is 20.2. The van der Waals surface area contributed by atoms with Gasteiger partial charge in [-0.25, -0.2) is 0 Å². The summed E-state index contributed by atoms with van der Waals surface area (Å²) in [5.41, 5.74) is 0. The van der Waals surface area contributed by atoms with Crippen LogP contribution in [0.5, 0.6) is 0 Å². The third-order valence-electron chi connectivity index (χ3n) is 1.09. The highest BCUT2D eigenvalue weighted by Crippen LogP contribution is 1.95. The van der Waals surface area contributed by atoms with Crippen molar-refractivity contribution in [3.8, 4) is 0 Å². The molecule has 0 rings (SSSR count). The Bertz CT molecular complexity index is 125. The van der Waals surface area contributed by atoms with Crippen molar-refractivity contribution in [2.45, 2.75) is 26.2 Å². The van der Waals surface area contributed by atoms with E-state index in [1.165, 1.54) is 6.92 Å². The number of carboxylic acids is 1. The van der Waals surface area contributed by atoms with Crippen molar-refractivity contribution < 1.29 is 19.4 Å².